The van der Waals surface area contributed by atoms with Crippen molar-refractivity contribution >= 4 is 12.0 Å². The van der Waals surface area contributed by atoms with Crippen molar-refractivity contribution in [3.05, 3.63) is 35.9 Å². The lowest BCUT2D eigenvalue weighted by Crippen LogP contribution is -2.38. The van der Waals surface area contributed by atoms with E-state index in [2.05, 4.69) is 17.1 Å². The molecule has 0 bridgehead atoms. The van der Waals surface area contributed by atoms with Crippen LogP contribution in [0.1, 0.15) is 38.2 Å². The summed E-state index contributed by atoms with van der Waals surface area (Å²) in [4.78, 5) is 14.0. The summed E-state index contributed by atoms with van der Waals surface area (Å²) in [5.41, 5.74) is 1.10. The van der Waals surface area contributed by atoms with Crippen LogP contribution in [0.3, 0.4) is 0 Å². The Bertz CT molecular complexity index is 537. The molecule has 0 saturated carbocycles. The molecule has 1 heterocycles. The normalized spacial score (nSPS) is 15.3. The van der Waals surface area contributed by atoms with Crippen LogP contribution in [0.2, 0.25) is 0 Å². The number of amides is 1. The van der Waals surface area contributed by atoms with E-state index in [4.69, 9.17) is 9.47 Å². The summed E-state index contributed by atoms with van der Waals surface area (Å²) >= 11 is 0. The number of hydrogen-bond donors (Lipinski definition) is 1. The smallest absolute Gasteiger partial charge is 0.220 e. The van der Waals surface area contributed by atoms with Crippen LogP contribution in [-0.2, 0) is 9.53 Å². The summed E-state index contributed by atoms with van der Waals surface area (Å²) in [5, 5.41) is 2.92. The van der Waals surface area contributed by atoms with Crippen LogP contribution in [-0.4, -0.2) is 56.8 Å². The molecule has 0 aromatic heterocycles. The lowest BCUT2D eigenvalue weighted by molar-refractivity contribution is -0.120. The number of rotatable bonds is 11. The lowest BCUT2D eigenvalue weighted by atomic mass is 10.2. The van der Waals surface area contributed by atoms with E-state index < -0.39 is 0 Å². The lowest BCUT2D eigenvalue weighted by Gasteiger charge is -2.26. The molecule has 2 rings (SSSR count). The molecule has 1 aromatic rings. The van der Waals surface area contributed by atoms with Crippen LogP contribution in [0.15, 0.2) is 30.3 Å². The van der Waals surface area contributed by atoms with E-state index in [0.29, 0.717) is 19.6 Å². The predicted molar refractivity (Wildman–Crippen MR) is 105 cm³/mol. The molecule has 5 heteroatoms. The first-order valence-electron chi connectivity index (χ1n) is 9.74. The maximum Gasteiger partial charge on any atom is 0.220 e. The largest absolute Gasteiger partial charge is 0.492 e. The van der Waals surface area contributed by atoms with Crippen LogP contribution in [0, 0.1) is 0 Å². The molecular weight excluding hydrogens is 328 g/mol. The molecule has 0 unspecified atom stereocenters. The summed E-state index contributed by atoms with van der Waals surface area (Å²) < 4.78 is 11.1. The Hall–Kier alpha value is -1.85. The highest BCUT2D eigenvalue weighted by molar-refractivity contribution is 5.76. The maximum absolute atomic E-state index is 11.6. The Morgan fingerprint density at radius 3 is 2.73 bits per heavy atom. The van der Waals surface area contributed by atoms with Gasteiger partial charge in [-0.15, -0.1) is 0 Å². The SMILES string of the molecule is CCCCCC(=O)NC/C=C/c1ccc(OCCN2CCOCC2)cc1. The summed E-state index contributed by atoms with van der Waals surface area (Å²) in [5.74, 6) is 1.02. The number of unbranched alkanes of at least 4 members (excludes halogenated alkanes) is 2. The van der Waals surface area contributed by atoms with Crippen LogP contribution in [0.4, 0.5) is 0 Å². The first kappa shape index (κ1) is 20.5. The molecule has 5 nitrogen and oxygen atoms in total. The van der Waals surface area contributed by atoms with Crippen molar-refractivity contribution < 1.29 is 14.3 Å². The third-order valence-corrected chi connectivity index (χ3v) is 4.39. The number of nitrogens with zero attached hydrogens (tertiary/aromatic N) is 1. The number of morpholine rings is 1. The molecule has 1 amide bonds. The van der Waals surface area contributed by atoms with Crippen LogP contribution < -0.4 is 10.1 Å². The fraction of sp³-hybridized carbons (Fsp3) is 0.571. The quantitative estimate of drug-likeness (QED) is 0.616. The van der Waals surface area contributed by atoms with Crippen LogP contribution in [0.5, 0.6) is 5.75 Å². The number of carbonyl (C=O) groups excluding carboxylic acids is 1. The van der Waals surface area contributed by atoms with Crippen molar-refractivity contribution in [2.45, 2.75) is 32.6 Å². The molecule has 1 aliphatic rings. The van der Waals surface area contributed by atoms with Gasteiger partial charge in [0.1, 0.15) is 12.4 Å². The van der Waals surface area contributed by atoms with Gasteiger partial charge in [0.05, 0.1) is 13.2 Å². The molecule has 26 heavy (non-hydrogen) atoms. The third kappa shape index (κ3) is 8.50. The van der Waals surface area contributed by atoms with Gasteiger partial charge in [0.2, 0.25) is 5.91 Å². The van der Waals surface area contributed by atoms with Crippen molar-refractivity contribution in [2.75, 3.05) is 46.0 Å². The van der Waals surface area contributed by atoms with Gasteiger partial charge in [-0.05, 0) is 24.1 Å². The zero-order valence-electron chi connectivity index (χ0n) is 15.9. The minimum Gasteiger partial charge on any atom is -0.492 e. The van der Waals surface area contributed by atoms with Gasteiger partial charge in [0.25, 0.3) is 0 Å². The Morgan fingerprint density at radius 1 is 1.23 bits per heavy atom. The summed E-state index contributed by atoms with van der Waals surface area (Å²) in [6, 6.07) is 8.04. The summed E-state index contributed by atoms with van der Waals surface area (Å²) in [6.07, 6.45) is 7.84. The molecule has 0 aliphatic carbocycles. The second-order valence-corrected chi connectivity index (χ2v) is 6.54. The Balaban J connectivity index is 1.61. The van der Waals surface area contributed by atoms with Gasteiger partial charge < -0.3 is 14.8 Å². The van der Waals surface area contributed by atoms with E-state index in [1.807, 2.05) is 36.4 Å². The number of ether oxygens (including phenoxy) is 2. The molecule has 1 saturated heterocycles. The van der Waals surface area contributed by atoms with Gasteiger partial charge in [-0.3, -0.25) is 9.69 Å². The van der Waals surface area contributed by atoms with Crippen molar-refractivity contribution in [3.63, 3.8) is 0 Å². The van der Waals surface area contributed by atoms with Crippen LogP contribution >= 0.6 is 0 Å². The molecular formula is C21H32N2O3. The average molecular weight is 360 g/mol. The molecule has 0 atom stereocenters. The number of hydrogen-bond acceptors (Lipinski definition) is 4. The van der Waals surface area contributed by atoms with Crippen molar-refractivity contribution in [1.29, 1.82) is 0 Å². The van der Waals surface area contributed by atoms with E-state index in [0.717, 1.165) is 63.4 Å². The number of nitrogens with one attached hydrogen (secondary N) is 1. The first-order valence-corrected chi connectivity index (χ1v) is 9.74. The zero-order chi connectivity index (χ0) is 18.5. The van der Waals surface area contributed by atoms with E-state index in [9.17, 15) is 4.79 Å². The Labute approximate surface area is 157 Å². The molecule has 1 N–H and O–H groups in total. The topological polar surface area (TPSA) is 50.8 Å². The zero-order valence-corrected chi connectivity index (χ0v) is 15.9. The van der Waals surface area contributed by atoms with Gasteiger partial charge in [-0.1, -0.05) is 44.1 Å². The minimum atomic E-state index is 0.132. The van der Waals surface area contributed by atoms with E-state index in [1.165, 1.54) is 0 Å². The molecule has 1 aliphatic heterocycles. The molecule has 0 radical (unpaired) electrons. The van der Waals surface area contributed by atoms with Gasteiger partial charge in [0.15, 0.2) is 0 Å². The highest BCUT2D eigenvalue weighted by Gasteiger charge is 2.09. The first-order chi connectivity index (χ1) is 12.8. The highest BCUT2D eigenvalue weighted by Crippen LogP contribution is 2.13. The van der Waals surface area contributed by atoms with Crippen molar-refractivity contribution in [1.82, 2.24) is 10.2 Å². The number of benzene rings is 1. The van der Waals surface area contributed by atoms with Gasteiger partial charge in [-0.25, -0.2) is 0 Å². The Morgan fingerprint density at radius 2 is 2.00 bits per heavy atom. The van der Waals surface area contributed by atoms with E-state index in [-0.39, 0.29) is 5.91 Å². The molecule has 1 aromatic carbocycles. The monoisotopic (exact) mass is 360 g/mol. The average Bonchev–Trinajstić information content (AvgIpc) is 2.67. The summed E-state index contributed by atoms with van der Waals surface area (Å²) in [6.45, 7) is 7.96. The molecule has 144 valence electrons. The van der Waals surface area contributed by atoms with E-state index >= 15 is 0 Å². The second kappa shape index (κ2) is 12.5. The second-order valence-electron chi connectivity index (χ2n) is 6.54. The van der Waals surface area contributed by atoms with Crippen LogP contribution in [0.25, 0.3) is 6.08 Å². The van der Waals surface area contributed by atoms with Crippen molar-refractivity contribution in [3.8, 4) is 5.75 Å². The third-order valence-electron chi connectivity index (χ3n) is 4.39. The fourth-order valence-electron chi connectivity index (χ4n) is 2.78. The predicted octanol–water partition coefficient (Wildman–Crippen LogP) is 3.11. The van der Waals surface area contributed by atoms with E-state index in [1.54, 1.807) is 0 Å². The summed E-state index contributed by atoms with van der Waals surface area (Å²) in [7, 11) is 0. The molecule has 1 fully saturated rings. The van der Waals surface area contributed by atoms with Gasteiger partial charge in [-0.2, -0.15) is 0 Å². The highest BCUT2D eigenvalue weighted by atomic mass is 16.5. The minimum absolute atomic E-state index is 0.132. The fourth-order valence-corrected chi connectivity index (χ4v) is 2.78. The van der Waals surface area contributed by atoms with Gasteiger partial charge >= 0.3 is 0 Å². The standard InChI is InChI=1S/C21H32N2O3/c1-2-3-4-7-21(24)22-12-5-6-19-8-10-20(11-9-19)26-18-15-23-13-16-25-17-14-23/h5-6,8-11H,2-4,7,12-18H2,1H3,(H,22,24)/b6-5+. The Kier molecular flexibility index (Phi) is 9.83. The van der Waals surface area contributed by atoms with Gasteiger partial charge in [0, 0.05) is 32.6 Å². The molecule has 0 spiro atoms. The number of carbonyl (C=O) groups is 1. The maximum atomic E-state index is 11.6. The van der Waals surface area contributed by atoms with Crippen molar-refractivity contribution in [2.24, 2.45) is 0 Å².